The van der Waals surface area contributed by atoms with Gasteiger partial charge in [0.2, 0.25) is 5.91 Å². The molecular weight excluding hydrogens is 472 g/mol. The zero-order valence-corrected chi connectivity index (χ0v) is 20.6. The number of carbonyl (C=O) groups is 1. The average Bonchev–Trinajstić information content (AvgIpc) is 3.42. The molecule has 0 saturated carbocycles. The standard InChI is InChI=1S/C24H32N4O6S/c1-27-12-24(25-15-27)35(31,32)28-11-19(29)13-33-14-22-21(28)7-6-20(34-22)10-23(30)26-18-8-16-4-2-3-5-17(16)9-18/h2-5,12,15,18-22,29H,6-11,13-14H2,1H3,(H,26,30)/t19-,20-,21-,22+/m0/s1. The molecule has 0 radical (unpaired) electrons. The maximum Gasteiger partial charge on any atom is 0.262 e. The van der Waals surface area contributed by atoms with Crippen LogP contribution in [0.2, 0.25) is 0 Å². The van der Waals surface area contributed by atoms with Crippen molar-refractivity contribution in [1.82, 2.24) is 19.2 Å². The Kier molecular flexibility index (Phi) is 6.95. The normalized spacial score (nSPS) is 28.1. The summed E-state index contributed by atoms with van der Waals surface area (Å²) in [6, 6.07) is 7.80. The third-order valence-electron chi connectivity index (χ3n) is 7.02. The van der Waals surface area contributed by atoms with Gasteiger partial charge in [0, 0.05) is 25.8 Å². The number of hydrogen-bond acceptors (Lipinski definition) is 7. The Morgan fingerprint density at radius 2 is 1.94 bits per heavy atom. The van der Waals surface area contributed by atoms with Crippen LogP contribution >= 0.6 is 0 Å². The third-order valence-corrected chi connectivity index (χ3v) is 8.79. The average molecular weight is 505 g/mol. The van der Waals surface area contributed by atoms with E-state index in [1.165, 1.54) is 28.0 Å². The Bertz CT molecular complexity index is 1140. The Balaban J connectivity index is 1.24. The largest absolute Gasteiger partial charge is 0.389 e. The minimum atomic E-state index is -3.94. The van der Waals surface area contributed by atoms with Crippen molar-refractivity contribution in [3.63, 3.8) is 0 Å². The van der Waals surface area contributed by atoms with E-state index in [1.807, 2.05) is 12.1 Å². The number of fused-ring (bicyclic) bond motifs is 2. The van der Waals surface area contributed by atoms with Gasteiger partial charge in [-0.3, -0.25) is 4.79 Å². The highest BCUT2D eigenvalue weighted by Crippen LogP contribution is 2.31. The number of nitrogens with zero attached hydrogens (tertiary/aromatic N) is 3. The van der Waals surface area contributed by atoms with Crippen LogP contribution in [-0.4, -0.2) is 83.4 Å². The summed E-state index contributed by atoms with van der Waals surface area (Å²) in [6.45, 7) is 0.0526. The molecule has 2 aliphatic heterocycles. The number of β-amino-alcohol motifs (C(OH)–C–C–N with tert-alkyl or cyclic N) is 1. The molecule has 1 aromatic heterocycles. The number of hydrogen-bond donors (Lipinski definition) is 2. The lowest BCUT2D eigenvalue weighted by Crippen LogP contribution is -2.57. The summed E-state index contributed by atoms with van der Waals surface area (Å²) < 4.78 is 41.5. The van der Waals surface area contributed by atoms with Crippen LogP contribution in [0.3, 0.4) is 0 Å². The van der Waals surface area contributed by atoms with E-state index in [-0.39, 0.29) is 49.3 Å². The van der Waals surface area contributed by atoms with E-state index in [4.69, 9.17) is 9.47 Å². The number of amides is 1. The number of sulfonamides is 1. The number of carbonyl (C=O) groups excluding carboxylic acids is 1. The second-order valence-corrected chi connectivity index (χ2v) is 11.6. The molecule has 5 rings (SSSR count). The highest BCUT2D eigenvalue weighted by atomic mass is 32.2. The van der Waals surface area contributed by atoms with Gasteiger partial charge in [0.05, 0.1) is 50.3 Å². The SMILES string of the molecule is Cn1cnc(S(=O)(=O)N2C[C@H](O)COC[C@H]3O[C@H](CC(=O)NC4Cc5ccccc5C4)CC[C@@H]32)c1. The molecule has 0 unspecified atom stereocenters. The van der Waals surface area contributed by atoms with Gasteiger partial charge in [0.15, 0.2) is 5.03 Å². The Labute approximate surface area is 205 Å². The number of ether oxygens (including phenoxy) is 2. The molecule has 4 atom stereocenters. The number of aromatic nitrogens is 2. The molecule has 2 fully saturated rings. The molecule has 35 heavy (non-hydrogen) atoms. The second-order valence-electron chi connectivity index (χ2n) is 9.73. The quantitative estimate of drug-likeness (QED) is 0.604. The topological polar surface area (TPSA) is 123 Å². The molecule has 2 N–H and O–H groups in total. The third kappa shape index (κ3) is 5.29. The Morgan fingerprint density at radius 1 is 1.20 bits per heavy atom. The van der Waals surface area contributed by atoms with Crippen molar-refractivity contribution in [3.05, 3.63) is 47.9 Å². The zero-order chi connectivity index (χ0) is 24.6. The fraction of sp³-hybridized carbons (Fsp3) is 0.583. The van der Waals surface area contributed by atoms with Crippen molar-refractivity contribution in [2.45, 2.75) is 67.5 Å². The van der Waals surface area contributed by atoms with Crippen LogP contribution in [0.4, 0.5) is 0 Å². The van der Waals surface area contributed by atoms with Gasteiger partial charge >= 0.3 is 0 Å². The summed E-state index contributed by atoms with van der Waals surface area (Å²) >= 11 is 0. The molecule has 190 valence electrons. The molecule has 3 heterocycles. The first kappa shape index (κ1) is 24.4. The van der Waals surface area contributed by atoms with E-state index in [9.17, 15) is 18.3 Å². The van der Waals surface area contributed by atoms with Crippen molar-refractivity contribution in [2.24, 2.45) is 7.05 Å². The van der Waals surface area contributed by atoms with Crippen LogP contribution in [0.25, 0.3) is 0 Å². The number of imidazole rings is 1. The molecule has 3 aliphatic rings. The zero-order valence-electron chi connectivity index (χ0n) is 19.7. The van der Waals surface area contributed by atoms with Crippen LogP contribution in [0.15, 0.2) is 41.8 Å². The number of aliphatic hydroxyl groups is 1. The van der Waals surface area contributed by atoms with Crippen LogP contribution in [0, 0.1) is 0 Å². The van der Waals surface area contributed by atoms with Gasteiger partial charge in [0.25, 0.3) is 10.0 Å². The van der Waals surface area contributed by atoms with Crippen LogP contribution < -0.4 is 5.32 Å². The maximum atomic E-state index is 13.4. The monoisotopic (exact) mass is 504 g/mol. The van der Waals surface area contributed by atoms with E-state index in [1.54, 1.807) is 11.6 Å². The lowest BCUT2D eigenvalue weighted by Gasteiger charge is -2.43. The lowest BCUT2D eigenvalue weighted by molar-refractivity contribution is -0.146. The van der Waals surface area contributed by atoms with Gasteiger partial charge in [-0.1, -0.05) is 24.3 Å². The second kappa shape index (κ2) is 9.98. The highest BCUT2D eigenvalue weighted by Gasteiger charge is 2.44. The Morgan fingerprint density at radius 3 is 2.63 bits per heavy atom. The Hall–Kier alpha value is -2.31. The molecule has 2 aromatic rings. The summed E-state index contributed by atoms with van der Waals surface area (Å²) in [6.07, 6.45) is 3.97. The highest BCUT2D eigenvalue weighted by molar-refractivity contribution is 7.89. The maximum absolute atomic E-state index is 13.4. The smallest absolute Gasteiger partial charge is 0.262 e. The van der Waals surface area contributed by atoms with Crippen molar-refractivity contribution in [3.8, 4) is 0 Å². The summed E-state index contributed by atoms with van der Waals surface area (Å²) in [4.78, 5) is 16.8. The van der Waals surface area contributed by atoms with Gasteiger partial charge < -0.3 is 24.5 Å². The number of nitrogens with one attached hydrogen (secondary N) is 1. The minimum absolute atomic E-state index is 0.00815. The van der Waals surface area contributed by atoms with Gasteiger partial charge in [-0.2, -0.15) is 4.31 Å². The van der Waals surface area contributed by atoms with Crippen molar-refractivity contribution in [2.75, 3.05) is 19.8 Å². The van der Waals surface area contributed by atoms with Gasteiger partial charge in [-0.05, 0) is 36.8 Å². The molecule has 11 heteroatoms. The predicted octanol–water partition coefficient (Wildman–Crippen LogP) is 0.392. The first-order valence-electron chi connectivity index (χ1n) is 12.1. The minimum Gasteiger partial charge on any atom is -0.389 e. The molecule has 0 bridgehead atoms. The number of aliphatic hydroxyl groups excluding tert-OH is 1. The summed E-state index contributed by atoms with van der Waals surface area (Å²) in [5.74, 6) is -0.0635. The first-order valence-corrected chi connectivity index (χ1v) is 13.5. The van der Waals surface area contributed by atoms with E-state index in [0.717, 1.165) is 12.8 Å². The number of rotatable bonds is 5. The molecule has 10 nitrogen and oxygen atoms in total. The van der Waals surface area contributed by atoms with E-state index < -0.39 is 28.3 Å². The fourth-order valence-electron chi connectivity index (χ4n) is 5.37. The van der Waals surface area contributed by atoms with Crippen molar-refractivity contribution in [1.29, 1.82) is 0 Å². The molecule has 1 amide bonds. The summed E-state index contributed by atoms with van der Waals surface area (Å²) in [5, 5.41) is 13.4. The predicted molar refractivity (Wildman–Crippen MR) is 126 cm³/mol. The first-order chi connectivity index (χ1) is 16.8. The summed E-state index contributed by atoms with van der Waals surface area (Å²) in [7, 11) is -2.24. The molecule has 2 saturated heterocycles. The number of benzene rings is 1. The number of aryl methyl sites for hydroxylation is 1. The van der Waals surface area contributed by atoms with Gasteiger partial charge in [-0.15, -0.1) is 0 Å². The molecule has 1 aliphatic carbocycles. The summed E-state index contributed by atoms with van der Waals surface area (Å²) in [5.41, 5.74) is 2.55. The van der Waals surface area contributed by atoms with E-state index >= 15 is 0 Å². The molecule has 0 spiro atoms. The molecule has 1 aromatic carbocycles. The van der Waals surface area contributed by atoms with Gasteiger partial charge in [0.1, 0.15) is 0 Å². The van der Waals surface area contributed by atoms with Crippen LogP contribution in [0.1, 0.15) is 30.4 Å². The van der Waals surface area contributed by atoms with Crippen molar-refractivity contribution >= 4 is 15.9 Å². The van der Waals surface area contributed by atoms with E-state index in [2.05, 4.69) is 22.4 Å². The lowest BCUT2D eigenvalue weighted by atomic mass is 9.96. The van der Waals surface area contributed by atoms with Crippen LogP contribution in [0.5, 0.6) is 0 Å². The van der Waals surface area contributed by atoms with Crippen LogP contribution in [-0.2, 0) is 44.2 Å². The molecular formula is C24H32N4O6S. The van der Waals surface area contributed by atoms with E-state index in [0.29, 0.717) is 12.8 Å². The fourth-order valence-corrected chi connectivity index (χ4v) is 7.05. The van der Waals surface area contributed by atoms with Gasteiger partial charge in [-0.25, -0.2) is 13.4 Å². The van der Waals surface area contributed by atoms with Crippen molar-refractivity contribution < 1.29 is 27.8 Å².